The molecule has 0 spiro atoms. The Morgan fingerprint density at radius 1 is 1.10 bits per heavy atom. The van der Waals surface area contributed by atoms with E-state index in [4.69, 9.17) is 10.5 Å². The monoisotopic (exact) mass is 440 g/mol. The molecule has 4 atom stereocenters. The number of ether oxygens (including phenoxy) is 1. The van der Waals surface area contributed by atoms with Gasteiger partial charge in [0.1, 0.15) is 5.82 Å². The zero-order chi connectivity index (χ0) is 22.0. The summed E-state index contributed by atoms with van der Waals surface area (Å²) in [5.74, 6) is -2.79. The molecule has 1 aromatic rings. The molecule has 9 heteroatoms. The van der Waals surface area contributed by atoms with E-state index in [0.29, 0.717) is 19.3 Å². The summed E-state index contributed by atoms with van der Waals surface area (Å²) in [6.07, 6.45) is 3.57. The second-order valence-electron chi connectivity index (χ2n) is 8.96. The Hall–Kier alpha value is -1.68. The van der Waals surface area contributed by atoms with Crippen LogP contribution in [0.3, 0.4) is 0 Å². The molecule has 3 N–H and O–H groups in total. The van der Waals surface area contributed by atoms with Crippen molar-refractivity contribution in [1.82, 2.24) is 15.1 Å². The predicted molar refractivity (Wildman–Crippen MR) is 110 cm³/mol. The smallest absolute Gasteiger partial charge is 0.237 e. The van der Waals surface area contributed by atoms with Gasteiger partial charge in [0.05, 0.1) is 19.8 Å². The van der Waals surface area contributed by atoms with Crippen LogP contribution in [0.2, 0.25) is 0 Å². The summed E-state index contributed by atoms with van der Waals surface area (Å²) >= 11 is 0. The Balaban J connectivity index is 1.29. The van der Waals surface area contributed by atoms with Gasteiger partial charge in [0, 0.05) is 44.0 Å². The lowest BCUT2D eigenvalue weighted by Crippen LogP contribution is -2.53. The van der Waals surface area contributed by atoms with Crippen molar-refractivity contribution >= 4 is 5.91 Å². The zero-order valence-corrected chi connectivity index (χ0v) is 17.7. The first-order valence-electron chi connectivity index (χ1n) is 11.1. The SMILES string of the molecule is N[C@H](Cc1cc(F)c(F)cc1F)[C@@H]1C[C@H]2CC[C@@H](C1)N2C(=O)CNCN1CCOCC1. The van der Waals surface area contributed by atoms with E-state index in [1.54, 1.807) is 0 Å². The van der Waals surface area contributed by atoms with Crippen LogP contribution in [0.1, 0.15) is 31.2 Å². The van der Waals surface area contributed by atoms with E-state index in [0.717, 1.165) is 58.1 Å². The highest BCUT2D eigenvalue weighted by molar-refractivity contribution is 5.79. The van der Waals surface area contributed by atoms with Gasteiger partial charge in [0.15, 0.2) is 11.6 Å². The van der Waals surface area contributed by atoms with Gasteiger partial charge in [-0.2, -0.15) is 0 Å². The highest BCUT2D eigenvalue weighted by atomic mass is 19.2. The highest BCUT2D eigenvalue weighted by Crippen LogP contribution is 2.40. The maximum absolute atomic E-state index is 14.0. The van der Waals surface area contributed by atoms with Gasteiger partial charge in [-0.15, -0.1) is 0 Å². The maximum atomic E-state index is 14.0. The van der Waals surface area contributed by atoms with Crippen LogP contribution in [0.5, 0.6) is 0 Å². The molecular formula is C22H31F3N4O2. The number of morpholine rings is 1. The molecule has 1 aromatic carbocycles. The minimum absolute atomic E-state index is 0.101. The number of hydrogen-bond acceptors (Lipinski definition) is 5. The van der Waals surface area contributed by atoms with Crippen LogP contribution in [-0.4, -0.2) is 73.3 Å². The van der Waals surface area contributed by atoms with Crippen molar-refractivity contribution in [3.63, 3.8) is 0 Å². The second-order valence-corrected chi connectivity index (χ2v) is 8.96. The Labute approximate surface area is 180 Å². The lowest BCUT2D eigenvalue weighted by molar-refractivity contribution is -0.135. The van der Waals surface area contributed by atoms with Crippen molar-refractivity contribution in [2.75, 3.05) is 39.5 Å². The number of rotatable bonds is 7. The molecule has 3 fully saturated rings. The van der Waals surface area contributed by atoms with E-state index < -0.39 is 17.5 Å². The lowest BCUT2D eigenvalue weighted by Gasteiger charge is -2.41. The number of carbonyl (C=O) groups is 1. The molecular weight excluding hydrogens is 409 g/mol. The fourth-order valence-corrected chi connectivity index (χ4v) is 5.29. The number of halogens is 3. The first-order chi connectivity index (χ1) is 14.9. The summed E-state index contributed by atoms with van der Waals surface area (Å²) in [6.45, 7) is 4.17. The van der Waals surface area contributed by atoms with Crippen LogP contribution in [0.15, 0.2) is 12.1 Å². The van der Waals surface area contributed by atoms with E-state index in [1.165, 1.54) is 0 Å². The number of nitrogens with zero attached hydrogens (tertiary/aromatic N) is 2. The molecule has 4 rings (SSSR count). The third-order valence-electron chi connectivity index (χ3n) is 6.92. The molecule has 3 aliphatic heterocycles. The number of carbonyl (C=O) groups excluding carboxylic acids is 1. The summed E-state index contributed by atoms with van der Waals surface area (Å²) in [5, 5.41) is 3.25. The van der Waals surface area contributed by atoms with Crippen molar-refractivity contribution in [3.8, 4) is 0 Å². The minimum atomic E-state index is -1.19. The number of piperidine rings is 1. The molecule has 172 valence electrons. The quantitative estimate of drug-likeness (QED) is 0.631. The third kappa shape index (κ3) is 5.22. The molecule has 31 heavy (non-hydrogen) atoms. The number of fused-ring (bicyclic) bond motifs is 2. The minimum Gasteiger partial charge on any atom is -0.379 e. The van der Waals surface area contributed by atoms with Crippen molar-refractivity contribution in [2.45, 2.75) is 50.2 Å². The van der Waals surface area contributed by atoms with Crippen LogP contribution >= 0.6 is 0 Å². The van der Waals surface area contributed by atoms with Crippen LogP contribution in [0.25, 0.3) is 0 Å². The van der Waals surface area contributed by atoms with Crippen molar-refractivity contribution in [1.29, 1.82) is 0 Å². The number of benzene rings is 1. The summed E-state index contributed by atoms with van der Waals surface area (Å²) in [7, 11) is 0. The largest absolute Gasteiger partial charge is 0.379 e. The Morgan fingerprint density at radius 2 is 1.74 bits per heavy atom. The molecule has 3 heterocycles. The fraction of sp³-hybridized carbons (Fsp3) is 0.682. The summed E-state index contributed by atoms with van der Waals surface area (Å²) in [6, 6.07) is 1.40. The molecule has 0 radical (unpaired) electrons. The van der Waals surface area contributed by atoms with Gasteiger partial charge in [-0.3, -0.25) is 15.0 Å². The van der Waals surface area contributed by atoms with E-state index in [-0.39, 0.29) is 41.9 Å². The molecule has 0 aromatic heterocycles. The number of nitrogens with one attached hydrogen (secondary N) is 1. The second kappa shape index (κ2) is 9.85. The predicted octanol–water partition coefficient (Wildman–Crippen LogP) is 1.62. The molecule has 3 saturated heterocycles. The summed E-state index contributed by atoms with van der Waals surface area (Å²) in [5.41, 5.74) is 6.46. The molecule has 0 unspecified atom stereocenters. The highest BCUT2D eigenvalue weighted by Gasteiger charge is 2.44. The average molecular weight is 441 g/mol. The van der Waals surface area contributed by atoms with E-state index in [9.17, 15) is 18.0 Å². The Kier molecular flexibility index (Phi) is 7.15. The zero-order valence-electron chi connectivity index (χ0n) is 17.7. The van der Waals surface area contributed by atoms with Gasteiger partial charge in [0.25, 0.3) is 0 Å². The average Bonchev–Trinajstić information content (AvgIpc) is 3.02. The molecule has 3 aliphatic rings. The summed E-state index contributed by atoms with van der Waals surface area (Å²) < 4.78 is 46.0. The molecule has 0 aliphatic carbocycles. The maximum Gasteiger partial charge on any atom is 0.237 e. The van der Waals surface area contributed by atoms with Gasteiger partial charge in [-0.25, -0.2) is 13.2 Å². The lowest BCUT2D eigenvalue weighted by atomic mass is 9.82. The fourth-order valence-electron chi connectivity index (χ4n) is 5.29. The third-order valence-corrected chi connectivity index (χ3v) is 6.92. The molecule has 0 saturated carbocycles. The van der Waals surface area contributed by atoms with Gasteiger partial charge >= 0.3 is 0 Å². The van der Waals surface area contributed by atoms with E-state index in [1.807, 2.05) is 4.90 Å². The van der Waals surface area contributed by atoms with Gasteiger partial charge in [-0.1, -0.05) is 0 Å². The van der Waals surface area contributed by atoms with Crippen LogP contribution in [0, 0.1) is 23.4 Å². The molecule has 6 nitrogen and oxygen atoms in total. The Morgan fingerprint density at radius 3 is 2.42 bits per heavy atom. The standard InChI is InChI=1S/C22H31F3N4O2/c23-18-11-20(25)19(24)9-14(18)10-21(26)15-7-16-1-2-17(8-15)29(16)22(30)12-27-13-28-3-5-31-6-4-28/h9,11,15-17,21,27H,1-8,10,12-13,26H2/t15-,16-,17+,21-/m1/s1. The van der Waals surface area contributed by atoms with Crippen molar-refractivity contribution < 1.29 is 22.7 Å². The number of nitrogens with two attached hydrogens (primary N) is 1. The van der Waals surface area contributed by atoms with Crippen molar-refractivity contribution in [3.05, 3.63) is 35.1 Å². The van der Waals surface area contributed by atoms with Crippen LogP contribution < -0.4 is 11.1 Å². The molecule has 1 amide bonds. The van der Waals surface area contributed by atoms with Gasteiger partial charge in [-0.05, 0) is 49.7 Å². The molecule has 2 bridgehead atoms. The summed E-state index contributed by atoms with van der Waals surface area (Å²) in [4.78, 5) is 17.1. The number of hydrogen-bond donors (Lipinski definition) is 2. The van der Waals surface area contributed by atoms with E-state index >= 15 is 0 Å². The number of amides is 1. The topological polar surface area (TPSA) is 70.8 Å². The van der Waals surface area contributed by atoms with Crippen molar-refractivity contribution in [2.24, 2.45) is 11.7 Å². The van der Waals surface area contributed by atoms with E-state index in [2.05, 4.69) is 10.2 Å². The first-order valence-corrected chi connectivity index (χ1v) is 11.1. The van der Waals surface area contributed by atoms with Crippen LogP contribution in [0.4, 0.5) is 13.2 Å². The Bertz CT molecular complexity index is 776. The normalized spacial score (nSPS) is 27.5. The first kappa shape index (κ1) is 22.5. The van der Waals surface area contributed by atoms with Crippen LogP contribution in [-0.2, 0) is 16.0 Å². The van der Waals surface area contributed by atoms with Gasteiger partial charge < -0.3 is 15.4 Å². The van der Waals surface area contributed by atoms with Gasteiger partial charge in [0.2, 0.25) is 5.91 Å².